The number of nitrogens with one attached hydrogen (secondary N) is 2. The zero-order chi connectivity index (χ0) is 22.5. The number of hydrogen-bond acceptors (Lipinski definition) is 6. The number of amides is 2. The van der Waals surface area contributed by atoms with Crippen molar-refractivity contribution in [2.24, 2.45) is 0 Å². The Kier molecular flexibility index (Phi) is 6.59. The van der Waals surface area contributed by atoms with E-state index in [0.29, 0.717) is 39.6 Å². The van der Waals surface area contributed by atoms with Crippen LogP contribution in [-0.2, 0) is 6.61 Å². The maximum Gasteiger partial charge on any atom is 0.255 e. The van der Waals surface area contributed by atoms with Gasteiger partial charge in [0.15, 0.2) is 11.5 Å². The zero-order valence-electron chi connectivity index (χ0n) is 18.2. The number of carbonyl (C=O) groups is 2. The molecule has 0 saturated heterocycles. The highest BCUT2D eigenvalue weighted by atomic mass is 16.5. The number of aryl methyl sites for hydroxylation is 2. The predicted molar refractivity (Wildman–Crippen MR) is 116 cm³/mol. The van der Waals surface area contributed by atoms with E-state index >= 15 is 0 Å². The molecule has 0 aliphatic heterocycles. The van der Waals surface area contributed by atoms with Crippen molar-refractivity contribution >= 4 is 17.5 Å². The summed E-state index contributed by atoms with van der Waals surface area (Å²) in [4.78, 5) is 24.8. The fourth-order valence-corrected chi connectivity index (χ4v) is 3.13. The summed E-state index contributed by atoms with van der Waals surface area (Å²) in [5, 5.41) is 9.36. The van der Waals surface area contributed by atoms with Gasteiger partial charge in [-0.3, -0.25) is 9.59 Å². The second-order valence-corrected chi connectivity index (χ2v) is 6.97. The van der Waals surface area contributed by atoms with Crippen LogP contribution < -0.4 is 20.1 Å². The molecule has 0 aliphatic rings. The van der Waals surface area contributed by atoms with Gasteiger partial charge in [0.2, 0.25) is 0 Å². The summed E-state index contributed by atoms with van der Waals surface area (Å²) in [6, 6.07) is 10.1. The van der Waals surface area contributed by atoms with E-state index in [1.807, 2.05) is 13.8 Å². The molecule has 0 aliphatic carbocycles. The highest BCUT2D eigenvalue weighted by Gasteiger charge is 2.16. The van der Waals surface area contributed by atoms with Crippen LogP contribution in [0.3, 0.4) is 0 Å². The van der Waals surface area contributed by atoms with Crippen molar-refractivity contribution in [3.8, 4) is 11.5 Å². The molecule has 0 atom stereocenters. The van der Waals surface area contributed by atoms with E-state index in [2.05, 4.69) is 15.8 Å². The first kappa shape index (κ1) is 21.9. The van der Waals surface area contributed by atoms with Crippen LogP contribution in [0.5, 0.6) is 11.5 Å². The van der Waals surface area contributed by atoms with Crippen LogP contribution >= 0.6 is 0 Å². The molecule has 8 heteroatoms. The summed E-state index contributed by atoms with van der Waals surface area (Å²) in [7, 11) is 3.07. The van der Waals surface area contributed by atoms with Gasteiger partial charge in [-0.05, 0) is 56.7 Å². The van der Waals surface area contributed by atoms with E-state index in [1.165, 1.54) is 7.11 Å². The fourth-order valence-electron chi connectivity index (χ4n) is 3.13. The molecule has 2 aromatic carbocycles. The van der Waals surface area contributed by atoms with Gasteiger partial charge in [-0.25, -0.2) is 0 Å². The molecule has 0 spiro atoms. The lowest BCUT2D eigenvalue weighted by Gasteiger charge is -2.14. The monoisotopic (exact) mass is 423 g/mol. The Morgan fingerprint density at radius 3 is 2.48 bits per heavy atom. The van der Waals surface area contributed by atoms with Crippen LogP contribution in [0.15, 0.2) is 40.9 Å². The fraction of sp³-hybridized carbons (Fsp3) is 0.261. The normalized spacial score (nSPS) is 10.5. The molecule has 0 bridgehead atoms. The lowest BCUT2D eigenvalue weighted by molar-refractivity contribution is 0.0960. The Hall–Kier alpha value is -3.81. The molecule has 0 radical (unpaired) electrons. The second kappa shape index (κ2) is 9.34. The Labute approximate surface area is 180 Å². The molecular formula is C23H25N3O5. The topological polar surface area (TPSA) is 103 Å². The first-order valence-electron chi connectivity index (χ1n) is 9.71. The first-order chi connectivity index (χ1) is 14.8. The summed E-state index contributed by atoms with van der Waals surface area (Å²) in [6.07, 6.45) is 0. The van der Waals surface area contributed by atoms with Crippen molar-refractivity contribution in [1.82, 2.24) is 10.5 Å². The Morgan fingerprint density at radius 2 is 1.84 bits per heavy atom. The van der Waals surface area contributed by atoms with Crippen molar-refractivity contribution in [2.75, 3.05) is 19.5 Å². The molecule has 3 rings (SSSR count). The van der Waals surface area contributed by atoms with Gasteiger partial charge >= 0.3 is 0 Å². The third-order valence-electron chi connectivity index (χ3n) is 5.03. The largest absolute Gasteiger partial charge is 0.493 e. The van der Waals surface area contributed by atoms with Crippen molar-refractivity contribution in [3.63, 3.8) is 0 Å². The standard InChI is InChI=1S/C23H25N3O5/c1-13-17(23(28)24-4)7-6-8-19(13)25-22(27)16-9-10-20(21(11-16)29-5)30-12-18-14(2)26-31-15(18)3/h6-11H,12H2,1-5H3,(H,24,28)(H,25,27). The molecule has 1 heterocycles. The summed E-state index contributed by atoms with van der Waals surface area (Å²) in [6.45, 7) is 5.73. The summed E-state index contributed by atoms with van der Waals surface area (Å²) in [5.74, 6) is 1.08. The lowest BCUT2D eigenvalue weighted by Crippen LogP contribution is -2.20. The lowest BCUT2D eigenvalue weighted by atomic mass is 10.1. The van der Waals surface area contributed by atoms with Gasteiger partial charge in [-0.15, -0.1) is 0 Å². The molecule has 3 aromatic rings. The zero-order valence-corrected chi connectivity index (χ0v) is 18.2. The predicted octanol–water partition coefficient (Wildman–Crippen LogP) is 3.80. The molecule has 31 heavy (non-hydrogen) atoms. The van der Waals surface area contributed by atoms with E-state index in [1.54, 1.807) is 50.4 Å². The van der Waals surface area contributed by atoms with Crippen molar-refractivity contribution in [1.29, 1.82) is 0 Å². The quantitative estimate of drug-likeness (QED) is 0.599. The average Bonchev–Trinajstić information content (AvgIpc) is 3.10. The van der Waals surface area contributed by atoms with Crippen molar-refractivity contribution in [3.05, 3.63) is 70.1 Å². The molecule has 0 fully saturated rings. The van der Waals surface area contributed by atoms with Crippen LogP contribution in [0, 0.1) is 20.8 Å². The highest BCUT2D eigenvalue weighted by Crippen LogP contribution is 2.30. The van der Waals surface area contributed by atoms with Crippen LogP contribution in [-0.4, -0.2) is 31.1 Å². The summed E-state index contributed by atoms with van der Waals surface area (Å²) < 4.78 is 16.4. The van der Waals surface area contributed by atoms with Gasteiger partial charge in [0, 0.05) is 23.9 Å². The number of carbonyl (C=O) groups excluding carboxylic acids is 2. The van der Waals surface area contributed by atoms with Crippen molar-refractivity contribution in [2.45, 2.75) is 27.4 Å². The summed E-state index contributed by atoms with van der Waals surface area (Å²) >= 11 is 0. The van der Waals surface area contributed by atoms with Gasteiger partial charge in [0.1, 0.15) is 12.4 Å². The molecule has 8 nitrogen and oxygen atoms in total. The Morgan fingerprint density at radius 1 is 1.06 bits per heavy atom. The van der Waals surface area contributed by atoms with E-state index in [4.69, 9.17) is 14.0 Å². The number of benzene rings is 2. The van der Waals surface area contributed by atoms with Crippen molar-refractivity contribution < 1.29 is 23.6 Å². The van der Waals surface area contributed by atoms with Gasteiger partial charge in [-0.1, -0.05) is 11.2 Å². The molecule has 2 amide bonds. The maximum absolute atomic E-state index is 12.8. The molecule has 162 valence electrons. The molecular weight excluding hydrogens is 398 g/mol. The van der Waals surface area contributed by atoms with Crippen LogP contribution in [0.4, 0.5) is 5.69 Å². The second-order valence-electron chi connectivity index (χ2n) is 6.97. The van der Waals surface area contributed by atoms with Crippen LogP contribution in [0.1, 0.15) is 43.3 Å². The smallest absolute Gasteiger partial charge is 0.255 e. The van der Waals surface area contributed by atoms with E-state index in [9.17, 15) is 9.59 Å². The number of hydrogen-bond donors (Lipinski definition) is 2. The number of anilines is 1. The first-order valence-corrected chi connectivity index (χ1v) is 9.71. The Balaban J connectivity index is 1.78. The number of methoxy groups -OCH3 is 1. The van der Waals surface area contributed by atoms with E-state index < -0.39 is 0 Å². The van der Waals surface area contributed by atoms with Gasteiger partial charge in [-0.2, -0.15) is 0 Å². The highest BCUT2D eigenvalue weighted by molar-refractivity contribution is 6.06. The minimum absolute atomic E-state index is 0.213. The molecule has 0 unspecified atom stereocenters. The van der Waals surface area contributed by atoms with E-state index in [-0.39, 0.29) is 18.4 Å². The number of ether oxygens (including phenoxy) is 2. The van der Waals surface area contributed by atoms with Crippen LogP contribution in [0.25, 0.3) is 0 Å². The van der Waals surface area contributed by atoms with Gasteiger partial charge in [0.25, 0.3) is 11.8 Å². The molecule has 2 N–H and O–H groups in total. The minimum Gasteiger partial charge on any atom is -0.493 e. The number of rotatable bonds is 7. The number of nitrogens with zero attached hydrogens (tertiary/aromatic N) is 1. The van der Waals surface area contributed by atoms with Gasteiger partial charge in [0.05, 0.1) is 18.4 Å². The third-order valence-corrected chi connectivity index (χ3v) is 5.03. The SMILES string of the molecule is CNC(=O)c1cccc(NC(=O)c2ccc(OCc3c(C)noc3C)c(OC)c2)c1C. The Bertz CT molecular complexity index is 1100. The minimum atomic E-state index is -0.326. The van der Waals surface area contributed by atoms with E-state index in [0.717, 1.165) is 11.3 Å². The van der Waals surface area contributed by atoms with Gasteiger partial charge < -0.3 is 24.6 Å². The molecule has 1 aromatic heterocycles. The molecule has 0 saturated carbocycles. The summed E-state index contributed by atoms with van der Waals surface area (Å²) in [5.41, 5.74) is 3.77. The van der Waals surface area contributed by atoms with Crippen LogP contribution in [0.2, 0.25) is 0 Å². The maximum atomic E-state index is 12.8. The number of aromatic nitrogens is 1. The average molecular weight is 423 g/mol. The third kappa shape index (κ3) is 4.69.